The van der Waals surface area contributed by atoms with E-state index in [0.717, 1.165) is 0 Å². The van der Waals surface area contributed by atoms with Gasteiger partial charge in [0.05, 0.1) is 0 Å². The maximum absolute atomic E-state index is 14.4. The molecular formula is C36HB2F30N3. The standard InChI is InChI=1S/2C18BF15.HN3/c2*20-4-1(5(21)11(27)16(32)10(4)26)19(2-6(22)12(28)17(33)13(29)7(2)23)3-8(24)14(30)18(34)15(31)9(3)25;1-3-2/h;;1H. The first-order valence-corrected chi connectivity index (χ1v) is 16.8. The van der Waals surface area contributed by atoms with Crippen molar-refractivity contribution in [3.05, 3.63) is 185 Å². The molecule has 71 heavy (non-hydrogen) atoms. The van der Waals surface area contributed by atoms with Crippen molar-refractivity contribution < 1.29 is 132 Å². The molecule has 0 radical (unpaired) electrons. The first kappa shape index (κ1) is 56.2. The molecule has 0 unspecified atom stereocenters. The number of hydrogen-bond acceptors (Lipinski definition) is 1. The van der Waals surface area contributed by atoms with E-state index in [4.69, 9.17) is 11.1 Å². The van der Waals surface area contributed by atoms with Crippen LogP contribution in [0.15, 0.2) is 0 Å². The first-order chi connectivity index (χ1) is 32.7. The van der Waals surface area contributed by atoms with Gasteiger partial charge < -0.3 is 0 Å². The molecule has 0 aromatic heterocycles. The predicted molar refractivity (Wildman–Crippen MR) is 176 cm³/mol. The maximum Gasteiger partial charge on any atom is 0.265 e. The van der Waals surface area contributed by atoms with Crippen LogP contribution in [0.3, 0.4) is 0 Å². The number of nitrogens with one attached hydrogen (secondary N) is 1. The average molecular weight is 1070 g/mol. The van der Waals surface area contributed by atoms with Gasteiger partial charge in [0.25, 0.3) is 13.4 Å². The zero-order valence-corrected chi connectivity index (χ0v) is 31.9. The lowest BCUT2D eigenvalue weighted by atomic mass is 9.36. The monoisotopic (exact) mass is 1070 g/mol. The van der Waals surface area contributed by atoms with E-state index < -0.39 is 221 Å². The van der Waals surface area contributed by atoms with E-state index in [1.165, 1.54) is 0 Å². The van der Waals surface area contributed by atoms with E-state index in [1.54, 1.807) is 4.91 Å². The van der Waals surface area contributed by atoms with Gasteiger partial charge in [-0.1, -0.05) is 0 Å². The second kappa shape index (κ2) is 20.6. The van der Waals surface area contributed by atoms with Crippen molar-refractivity contribution in [2.24, 2.45) is 0 Å². The lowest BCUT2D eigenvalue weighted by Crippen LogP contribution is -2.60. The normalized spacial score (nSPS) is 11.0. The van der Waals surface area contributed by atoms with Crippen molar-refractivity contribution in [1.82, 2.24) is 0 Å². The molecule has 0 aliphatic heterocycles. The van der Waals surface area contributed by atoms with Gasteiger partial charge in [-0.2, -0.15) is 0 Å². The van der Waals surface area contributed by atoms with Crippen molar-refractivity contribution in [1.29, 1.82) is 5.53 Å². The molecule has 0 saturated carbocycles. The minimum atomic E-state index is -3.96. The largest absolute Gasteiger partial charge is 0.265 e. The molecule has 376 valence electrons. The summed E-state index contributed by atoms with van der Waals surface area (Å²) in [6.45, 7) is -7.92. The van der Waals surface area contributed by atoms with Gasteiger partial charge in [-0.3, -0.25) is 0 Å². The van der Waals surface area contributed by atoms with Crippen LogP contribution in [-0.2, 0) is 0 Å². The van der Waals surface area contributed by atoms with Crippen molar-refractivity contribution in [2.45, 2.75) is 0 Å². The summed E-state index contributed by atoms with van der Waals surface area (Å²) in [5.41, 5.74) is -3.82. The Balaban J connectivity index is 0.000000292. The molecule has 6 rings (SSSR count). The fourth-order valence-electron chi connectivity index (χ4n) is 6.12. The lowest BCUT2D eigenvalue weighted by molar-refractivity contribution is 0.380. The molecule has 0 heterocycles. The minimum Gasteiger partial charge on any atom is -0.204 e. The highest BCUT2D eigenvalue weighted by Crippen LogP contribution is 2.26. The van der Waals surface area contributed by atoms with Crippen LogP contribution in [0.25, 0.3) is 10.4 Å². The Morgan fingerprint density at radius 3 is 0.310 bits per heavy atom. The van der Waals surface area contributed by atoms with Crippen LogP contribution in [0.2, 0.25) is 0 Å². The molecule has 3 nitrogen and oxygen atoms in total. The minimum absolute atomic E-state index is 1.75. The summed E-state index contributed by atoms with van der Waals surface area (Å²) in [6, 6.07) is 0. The molecular weight excluding hydrogens is 1070 g/mol. The highest BCUT2D eigenvalue weighted by Gasteiger charge is 2.47. The Hall–Kier alpha value is -7.34. The number of nitrogens with zero attached hydrogens (tertiary/aromatic N) is 2. The third-order valence-electron chi connectivity index (χ3n) is 9.19. The highest BCUT2D eigenvalue weighted by molar-refractivity contribution is 6.96. The van der Waals surface area contributed by atoms with Gasteiger partial charge in [0.1, 0.15) is 0 Å². The van der Waals surface area contributed by atoms with Gasteiger partial charge in [0.2, 0.25) is 0 Å². The van der Waals surface area contributed by atoms with E-state index >= 15 is 0 Å². The van der Waals surface area contributed by atoms with Crippen molar-refractivity contribution >= 4 is 46.2 Å². The zero-order valence-electron chi connectivity index (χ0n) is 31.9. The summed E-state index contributed by atoms with van der Waals surface area (Å²) in [4.78, 5) is 1.75. The number of halogens is 30. The Kier molecular flexibility index (Phi) is 16.3. The van der Waals surface area contributed by atoms with E-state index in [0.29, 0.717) is 0 Å². The fourth-order valence-corrected chi connectivity index (χ4v) is 6.12. The molecule has 0 aliphatic carbocycles. The molecule has 6 aromatic carbocycles. The Morgan fingerprint density at radius 2 is 0.239 bits per heavy atom. The molecule has 0 atom stereocenters. The number of rotatable bonds is 6. The SMILES string of the molecule is Fc1c(F)c(F)c(B(c2c(F)c(F)c(F)c(F)c2F)c2c(F)c(F)c(F)c(F)c2F)c(F)c1F.Fc1c(F)c(F)c(B(c2c(F)c(F)c(F)c(F)c2F)c2c(F)c(F)c(F)c(F)c2F)c(F)c1F.[N-]=[N+]=N. The molecule has 0 saturated heterocycles. The number of benzene rings is 6. The summed E-state index contributed by atoms with van der Waals surface area (Å²) >= 11 is 0. The summed E-state index contributed by atoms with van der Waals surface area (Å²) in [7, 11) is 0. The van der Waals surface area contributed by atoms with Gasteiger partial charge in [0, 0.05) is 32.8 Å². The van der Waals surface area contributed by atoms with E-state index in [-0.39, 0.29) is 0 Å². The zero-order chi connectivity index (χ0) is 54.6. The second-order valence-electron chi connectivity index (χ2n) is 12.9. The molecule has 0 amide bonds. The molecule has 1 N–H and O–H groups in total. The summed E-state index contributed by atoms with van der Waals surface area (Å²) in [5, 5.41) is 0. The third-order valence-corrected chi connectivity index (χ3v) is 9.19. The van der Waals surface area contributed by atoms with Crippen molar-refractivity contribution in [3.8, 4) is 0 Å². The Bertz CT molecular complexity index is 2560. The maximum atomic E-state index is 14.4. The molecule has 6 aromatic rings. The lowest BCUT2D eigenvalue weighted by Gasteiger charge is -2.21. The van der Waals surface area contributed by atoms with Gasteiger partial charge in [0.15, 0.2) is 175 Å². The van der Waals surface area contributed by atoms with Crippen molar-refractivity contribution in [2.75, 3.05) is 0 Å². The smallest absolute Gasteiger partial charge is 0.204 e. The van der Waals surface area contributed by atoms with Crippen LogP contribution in [0.4, 0.5) is 132 Å². The van der Waals surface area contributed by atoms with Crippen molar-refractivity contribution in [3.63, 3.8) is 0 Å². The van der Waals surface area contributed by atoms with Crippen LogP contribution in [-0.4, -0.2) is 13.4 Å². The summed E-state index contributed by atoms with van der Waals surface area (Å²) in [5.74, 6) is -90.4. The average Bonchev–Trinajstić information content (AvgIpc) is 3.34. The summed E-state index contributed by atoms with van der Waals surface area (Å²) < 4.78 is 417. The van der Waals surface area contributed by atoms with Crippen LogP contribution in [0.1, 0.15) is 0 Å². The molecule has 0 aliphatic rings. The van der Waals surface area contributed by atoms with Crippen LogP contribution < -0.4 is 32.8 Å². The van der Waals surface area contributed by atoms with E-state index in [9.17, 15) is 132 Å². The van der Waals surface area contributed by atoms with Crippen LogP contribution >= 0.6 is 0 Å². The van der Waals surface area contributed by atoms with Gasteiger partial charge >= 0.3 is 0 Å². The highest BCUT2D eigenvalue weighted by atomic mass is 19.2. The molecule has 0 spiro atoms. The topological polar surface area (TPSA) is 60.3 Å². The molecule has 0 fully saturated rings. The van der Waals surface area contributed by atoms with Gasteiger partial charge in [-0.15, -0.1) is 5.53 Å². The quantitative estimate of drug-likeness (QED) is 0.0329. The van der Waals surface area contributed by atoms with E-state index in [2.05, 4.69) is 0 Å². The number of hydrogen-bond donors (Lipinski definition) is 1. The van der Waals surface area contributed by atoms with Gasteiger partial charge in [-0.25, -0.2) is 132 Å². The van der Waals surface area contributed by atoms with Crippen LogP contribution in [0, 0.1) is 180 Å². The first-order valence-electron chi connectivity index (χ1n) is 16.8. The Morgan fingerprint density at radius 1 is 0.183 bits per heavy atom. The fraction of sp³-hybridized carbons (Fsp3) is 0. The summed E-state index contributed by atoms with van der Waals surface area (Å²) in [6.07, 6.45) is 0. The Labute approximate surface area is 368 Å². The van der Waals surface area contributed by atoms with Gasteiger partial charge in [-0.05, 0) is 10.4 Å². The van der Waals surface area contributed by atoms with Crippen LogP contribution in [0.5, 0.6) is 0 Å². The molecule has 0 bridgehead atoms. The molecule has 35 heteroatoms. The van der Waals surface area contributed by atoms with E-state index in [1.807, 2.05) is 0 Å². The predicted octanol–water partition coefficient (Wildman–Crippen LogP) is 9.45. The second-order valence-corrected chi connectivity index (χ2v) is 12.9. The third kappa shape index (κ3) is 8.93.